The smallest absolute Gasteiger partial charge is 0.348 e. The number of nitrogens with zero attached hydrogens (tertiary/aromatic N) is 1. The fraction of sp³-hybridized carbons (Fsp3) is 0.367. The van der Waals surface area contributed by atoms with E-state index in [1.165, 1.54) is 17.5 Å². The molecule has 3 aromatic rings. The minimum atomic E-state index is -5.12. The van der Waals surface area contributed by atoms with Crippen molar-refractivity contribution in [1.82, 2.24) is 0 Å². The fourth-order valence-electron chi connectivity index (χ4n) is 3.74. The molecule has 0 radical (unpaired) electrons. The van der Waals surface area contributed by atoms with E-state index < -0.39 is 54.8 Å². The highest BCUT2D eigenvalue weighted by Gasteiger charge is 2.46. The Kier molecular flexibility index (Phi) is 10.9. The Hall–Kier alpha value is -2.72. The second-order valence-electron chi connectivity index (χ2n) is 11.7. The van der Waals surface area contributed by atoms with Crippen LogP contribution in [0.2, 0.25) is 10.0 Å². The van der Waals surface area contributed by atoms with E-state index >= 15 is 0 Å². The maximum absolute atomic E-state index is 14.3. The van der Waals surface area contributed by atoms with Crippen molar-refractivity contribution in [2.24, 2.45) is 10.8 Å². The van der Waals surface area contributed by atoms with Crippen molar-refractivity contribution in [3.63, 3.8) is 0 Å². The van der Waals surface area contributed by atoms with E-state index in [-0.39, 0.29) is 16.3 Å². The van der Waals surface area contributed by atoms with E-state index in [1.807, 2.05) is 0 Å². The van der Waals surface area contributed by atoms with E-state index in [0.717, 1.165) is 4.90 Å². The lowest BCUT2D eigenvalue weighted by atomic mass is 9.97. The number of carbonyl (C=O) groups is 3. The van der Waals surface area contributed by atoms with Crippen molar-refractivity contribution in [2.75, 3.05) is 11.5 Å². The Balaban J connectivity index is 2.13. The Bertz CT molecular complexity index is 1580. The van der Waals surface area contributed by atoms with Crippen LogP contribution >= 0.6 is 42.1 Å². The van der Waals surface area contributed by atoms with E-state index in [4.69, 9.17) is 37.2 Å². The van der Waals surface area contributed by atoms with Gasteiger partial charge in [-0.05, 0) is 88.2 Å². The van der Waals surface area contributed by atoms with Crippen LogP contribution in [-0.4, -0.2) is 35.6 Å². The molecule has 1 aromatic heterocycles. The first-order valence-electron chi connectivity index (χ1n) is 13.1. The number of hydrogen-bond acceptors (Lipinski definition) is 8. The van der Waals surface area contributed by atoms with Gasteiger partial charge >= 0.3 is 19.5 Å². The number of para-hydroxylation sites is 1. The summed E-state index contributed by atoms with van der Waals surface area (Å²) in [6.45, 7) is 12.6. The summed E-state index contributed by atoms with van der Waals surface area (Å²) in [4.78, 5) is 52.1. The molecule has 0 aliphatic heterocycles. The molecule has 2 aromatic carbocycles. The maximum atomic E-state index is 14.3. The van der Waals surface area contributed by atoms with Crippen LogP contribution in [0.5, 0.6) is 0 Å². The van der Waals surface area contributed by atoms with Crippen LogP contribution in [0.25, 0.3) is 10.1 Å². The van der Waals surface area contributed by atoms with Crippen LogP contribution in [0.3, 0.4) is 0 Å². The highest BCUT2D eigenvalue weighted by atomic mass is 35.5. The second kappa shape index (κ2) is 13.5. The summed E-state index contributed by atoms with van der Waals surface area (Å²) in [6, 6.07) is 11.3. The zero-order chi connectivity index (χ0) is 32.3. The van der Waals surface area contributed by atoms with Crippen LogP contribution in [-0.2, 0) is 32.9 Å². The second-order valence-corrected chi connectivity index (χ2v) is 15.3. The van der Waals surface area contributed by atoms with Gasteiger partial charge in [0.25, 0.3) is 5.91 Å². The predicted molar refractivity (Wildman–Crippen MR) is 169 cm³/mol. The van der Waals surface area contributed by atoms with Crippen molar-refractivity contribution in [3.8, 4) is 0 Å². The van der Waals surface area contributed by atoms with Crippen molar-refractivity contribution in [1.29, 1.82) is 0 Å². The number of anilines is 1. The Morgan fingerprint density at radius 2 is 1.67 bits per heavy atom. The zero-order valence-corrected chi connectivity index (χ0v) is 27.9. The highest BCUT2D eigenvalue weighted by Crippen LogP contribution is 2.60. The van der Waals surface area contributed by atoms with E-state index in [1.54, 1.807) is 89.4 Å². The van der Waals surface area contributed by atoms with Gasteiger partial charge in [0.05, 0.1) is 21.5 Å². The quantitative estimate of drug-likeness (QED) is 0.131. The number of carbonyl (C=O) groups excluding carboxylic acids is 3. The van der Waals surface area contributed by atoms with Crippen molar-refractivity contribution in [2.45, 2.75) is 53.5 Å². The molecule has 0 fully saturated rings. The standard InChI is InChI=1S/C30H34Cl2NO8PS/c1-8-33(22-12-10-9-11-21(22)32)26(34)25(20-17-43-23-14-13-18(31)15-19(20)23)42(37,38)41-24(40-28(36)30(5,6)7)16-39-27(35)29(2,3)4/h8-15,17,24-25H,1,16H2,2-7H3,(H,37,38). The van der Waals surface area contributed by atoms with E-state index in [0.29, 0.717) is 15.1 Å². The molecule has 1 N–H and O–H groups in total. The largest absolute Gasteiger partial charge is 0.459 e. The molecule has 0 spiro atoms. The maximum Gasteiger partial charge on any atom is 0.348 e. The average molecular weight is 671 g/mol. The lowest BCUT2D eigenvalue weighted by molar-refractivity contribution is -0.187. The molecule has 0 bridgehead atoms. The molecule has 43 heavy (non-hydrogen) atoms. The molecule has 3 rings (SSSR count). The summed E-state index contributed by atoms with van der Waals surface area (Å²) < 4.78 is 31.2. The van der Waals surface area contributed by atoms with Gasteiger partial charge in [0.1, 0.15) is 0 Å². The molecule has 1 heterocycles. The summed E-state index contributed by atoms with van der Waals surface area (Å²) in [5.41, 5.74) is -3.46. The Labute approximate surface area is 264 Å². The summed E-state index contributed by atoms with van der Waals surface area (Å²) in [5, 5.41) is 2.52. The summed E-state index contributed by atoms with van der Waals surface area (Å²) in [5.74, 6) is -2.35. The number of rotatable bonds is 10. The molecule has 0 saturated heterocycles. The fourth-order valence-corrected chi connectivity index (χ4v) is 6.74. The first-order valence-corrected chi connectivity index (χ1v) is 16.4. The highest BCUT2D eigenvalue weighted by molar-refractivity contribution is 7.54. The molecule has 13 heteroatoms. The minimum absolute atomic E-state index is 0.143. The predicted octanol–water partition coefficient (Wildman–Crippen LogP) is 8.13. The number of halogens is 2. The van der Waals surface area contributed by atoms with E-state index in [9.17, 15) is 23.8 Å². The number of benzene rings is 2. The van der Waals surface area contributed by atoms with Crippen LogP contribution in [0, 0.1) is 10.8 Å². The molecule has 1 amide bonds. The SMILES string of the molecule is C=CN(C(=O)C(c1csc2ccc(Cl)cc12)P(=O)(O)OC(COC(=O)C(C)(C)C)OC(=O)C(C)(C)C)c1ccccc1Cl. The van der Waals surface area contributed by atoms with Crippen LogP contribution < -0.4 is 4.90 Å². The number of esters is 2. The zero-order valence-electron chi connectivity index (χ0n) is 24.6. The Morgan fingerprint density at radius 3 is 2.26 bits per heavy atom. The number of amides is 1. The normalized spacial score (nSPS) is 14.8. The molecule has 3 atom stereocenters. The third kappa shape index (κ3) is 8.47. The molecule has 9 nitrogen and oxygen atoms in total. The minimum Gasteiger partial charge on any atom is -0.459 e. The van der Waals surface area contributed by atoms with Gasteiger partial charge in [-0.3, -0.25) is 28.4 Å². The van der Waals surface area contributed by atoms with Gasteiger partial charge in [0.2, 0.25) is 6.29 Å². The van der Waals surface area contributed by atoms with Crippen LogP contribution in [0.15, 0.2) is 60.6 Å². The van der Waals surface area contributed by atoms with Gasteiger partial charge in [-0.15, -0.1) is 11.3 Å². The topological polar surface area (TPSA) is 119 Å². The summed E-state index contributed by atoms with van der Waals surface area (Å²) in [6.07, 6.45) is -0.657. The van der Waals surface area contributed by atoms with Gasteiger partial charge in [-0.1, -0.05) is 41.9 Å². The van der Waals surface area contributed by atoms with Crippen molar-refractivity contribution >= 4 is 75.8 Å². The summed E-state index contributed by atoms with van der Waals surface area (Å²) in [7, 11) is -5.12. The van der Waals surface area contributed by atoms with Gasteiger partial charge in [0.15, 0.2) is 12.3 Å². The Morgan fingerprint density at radius 1 is 1.05 bits per heavy atom. The molecule has 232 valence electrons. The first-order chi connectivity index (χ1) is 19.9. The van der Waals surface area contributed by atoms with Gasteiger partial charge in [0, 0.05) is 15.9 Å². The monoisotopic (exact) mass is 669 g/mol. The average Bonchev–Trinajstić information content (AvgIpc) is 3.29. The van der Waals surface area contributed by atoms with Crippen molar-refractivity contribution < 1.29 is 37.8 Å². The molecular weight excluding hydrogens is 636 g/mol. The molecular formula is C30H34Cl2NO8PS. The summed E-state index contributed by atoms with van der Waals surface area (Å²) >= 11 is 13.8. The molecule has 0 aliphatic rings. The van der Waals surface area contributed by atoms with E-state index in [2.05, 4.69) is 6.58 Å². The first kappa shape index (κ1) is 34.8. The third-order valence-corrected chi connectivity index (χ3v) is 9.26. The van der Waals surface area contributed by atoms with Gasteiger partial charge in [-0.2, -0.15) is 0 Å². The van der Waals surface area contributed by atoms with Gasteiger partial charge < -0.3 is 14.4 Å². The van der Waals surface area contributed by atoms with Crippen LogP contribution in [0.4, 0.5) is 5.69 Å². The third-order valence-electron chi connectivity index (χ3n) is 6.03. The molecule has 0 aliphatic carbocycles. The lowest BCUT2D eigenvalue weighted by Gasteiger charge is -2.30. The molecule has 0 saturated carbocycles. The molecule has 3 unspecified atom stereocenters. The van der Waals surface area contributed by atoms with Crippen LogP contribution in [0.1, 0.15) is 52.8 Å². The number of ether oxygens (including phenoxy) is 2. The van der Waals surface area contributed by atoms with Crippen molar-refractivity contribution in [3.05, 3.63) is 76.2 Å². The van der Waals surface area contributed by atoms with Gasteiger partial charge in [-0.25, -0.2) is 0 Å². The lowest BCUT2D eigenvalue weighted by Crippen LogP contribution is -2.36. The number of fused-ring (bicyclic) bond motifs is 1. The number of thiophene rings is 1. The number of hydrogen-bond donors (Lipinski definition) is 1.